The van der Waals surface area contributed by atoms with Gasteiger partial charge in [0.05, 0.1) is 17.2 Å². The van der Waals surface area contributed by atoms with Gasteiger partial charge < -0.3 is 15.2 Å². The SMILES string of the molecule is Cc1cc(C)n(C(C)CC(=O)NCC2(C(=O)O)CCOCC2)n1. The zero-order valence-electron chi connectivity index (χ0n) is 14.0. The summed E-state index contributed by atoms with van der Waals surface area (Å²) in [6.07, 6.45) is 1.12. The van der Waals surface area contributed by atoms with Crippen molar-refractivity contribution in [1.29, 1.82) is 0 Å². The maximum Gasteiger partial charge on any atom is 0.311 e. The fraction of sp³-hybridized carbons (Fsp3) is 0.688. The number of carboxylic acid groups (broad SMARTS) is 1. The molecule has 1 fully saturated rings. The molecular weight excluding hydrogens is 298 g/mol. The Morgan fingerprint density at radius 2 is 2.09 bits per heavy atom. The van der Waals surface area contributed by atoms with Gasteiger partial charge in [-0.3, -0.25) is 14.3 Å². The smallest absolute Gasteiger partial charge is 0.311 e. The lowest BCUT2D eigenvalue weighted by molar-refractivity contribution is -0.154. The van der Waals surface area contributed by atoms with Gasteiger partial charge in [-0.1, -0.05) is 0 Å². The van der Waals surface area contributed by atoms with Crippen LogP contribution in [0.1, 0.15) is 43.6 Å². The highest BCUT2D eigenvalue weighted by Gasteiger charge is 2.40. The molecule has 1 aromatic rings. The van der Waals surface area contributed by atoms with Crippen molar-refractivity contribution in [3.8, 4) is 0 Å². The molecule has 0 bridgehead atoms. The second kappa shape index (κ2) is 7.12. The van der Waals surface area contributed by atoms with Crippen LogP contribution in [-0.2, 0) is 14.3 Å². The van der Waals surface area contributed by atoms with Crippen LogP contribution < -0.4 is 5.32 Å². The van der Waals surface area contributed by atoms with E-state index in [2.05, 4.69) is 10.4 Å². The molecule has 2 rings (SSSR count). The predicted octanol–water partition coefficient (Wildman–Crippen LogP) is 1.45. The second-order valence-electron chi connectivity index (χ2n) is 6.40. The Morgan fingerprint density at radius 1 is 1.43 bits per heavy atom. The zero-order chi connectivity index (χ0) is 17.0. The van der Waals surface area contributed by atoms with E-state index in [0.29, 0.717) is 26.1 Å². The molecule has 1 aliphatic heterocycles. The summed E-state index contributed by atoms with van der Waals surface area (Å²) in [7, 11) is 0. The van der Waals surface area contributed by atoms with Crippen LogP contribution in [0, 0.1) is 19.3 Å². The minimum Gasteiger partial charge on any atom is -0.481 e. The first-order chi connectivity index (χ1) is 10.8. The molecule has 1 amide bonds. The van der Waals surface area contributed by atoms with Crippen molar-refractivity contribution in [2.24, 2.45) is 5.41 Å². The number of nitrogens with one attached hydrogen (secondary N) is 1. The Bertz CT molecular complexity index is 576. The average molecular weight is 323 g/mol. The monoisotopic (exact) mass is 323 g/mol. The van der Waals surface area contributed by atoms with Gasteiger partial charge in [0.25, 0.3) is 0 Å². The molecule has 1 unspecified atom stereocenters. The van der Waals surface area contributed by atoms with Gasteiger partial charge >= 0.3 is 5.97 Å². The van der Waals surface area contributed by atoms with E-state index in [-0.39, 0.29) is 24.9 Å². The van der Waals surface area contributed by atoms with Crippen molar-refractivity contribution < 1.29 is 19.4 Å². The third-order valence-corrected chi connectivity index (χ3v) is 4.47. The van der Waals surface area contributed by atoms with Crippen molar-refractivity contribution in [3.63, 3.8) is 0 Å². The molecule has 1 aromatic heterocycles. The molecular formula is C16H25N3O4. The van der Waals surface area contributed by atoms with Gasteiger partial charge in [-0.05, 0) is 39.7 Å². The van der Waals surface area contributed by atoms with Crippen molar-refractivity contribution in [2.45, 2.75) is 46.1 Å². The standard InChI is InChI=1S/C16H25N3O4/c1-11-8-12(2)19(18-11)13(3)9-14(20)17-10-16(15(21)22)4-6-23-7-5-16/h8,13H,4-7,9-10H2,1-3H3,(H,17,20)(H,21,22). The van der Waals surface area contributed by atoms with Gasteiger partial charge in [-0.15, -0.1) is 0 Å². The number of amides is 1. The van der Waals surface area contributed by atoms with Crippen LogP contribution in [0.5, 0.6) is 0 Å². The van der Waals surface area contributed by atoms with E-state index in [0.717, 1.165) is 11.4 Å². The normalized spacial score (nSPS) is 18.4. The zero-order valence-corrected chi connectivity index (χ0v) is 14.0. The maximum atomic E-state index is 12.2. The van der Waals surface area contributed by atoms with E-state index < -0.39 is 11.4 Å². The van der Waals surface area contributed by atoms with Crippen molar-refractivity contribution in [3.05, 3.63) is 17.5 Å². The number of hydrogen-bond acceptors (Lipinski definition) is 4. The van der Waals surface area contributed by atoms with E-state index in [1.807, 2.05) is 31.5 Å². The molecule has 0 saturated carbocycles. The summed E-state index contributed by atoms with van der Waals surface area (Å²) in [5.74, 6) is -1.02. The van der Waals surface area contributed by atoms with Crippen LogP contribution in [0.3, 0.4) is 0 Å². The van der Waals surface area contributed by atoms with Crippen LogP contribution >= 0.6 is 0 Å². The topological polar surface area (TPSA) is 93.5 Å². The molecule has 2 N–H and O–H groups in total. The molecule has 0 aliphatic carbocycles. The summed E-state index contributed by atoms with van der Waals surface area (Å²) in [5.41, 5.74) is 1.02. The Morgan fingerprint density at radius 3 is 2.61 bits per heavy atom. The highest BCUT2D eigenvalue weighted by Crippen LogP contribution is 2.30. The fourth-order valence-corrected chi connectivity index (χ4v) is 3.02. The molecule has 1 saturated heterocycles. The number of carbonyl (C=O) groups is 2. The number of rotatable bonds is 6. The van der Waals surface area contributed by atoms with Gasteiger partial charge in [0.2, 0.25) is 5.91 Å². The minimum atomic E-state index is -0.907. The second-order valence-corrected chi connectivity index (χ2v) is 6.40. The summed E-state index contributed by atoms with van der Waals surface area (Å²) in [4.78, 5) is 23.7. The van der Waals surface area contributed by atoms with Crippen LogP contribution in [-0.4, -0.2) is 46.5 Å². The summed E-state index contributed by atoms with van der Waals surface area (Å²) >= 11 is 0. The first kappa shape index (κ1) is 17.5. The number of carbonyl (C=O) groups excluding carboxylic acids is 1. The van der Waals surface area contributed by atoms with Crippen LogP contribution in [0.4, 0.5) is 0 Å². The van der Waals surface area contributed by atoms with Crippen LogP contribution in [0.2, 0.25) is 0 Å². The molecule has 2 heterocycles. The molecule has 0 radical (unpaired) electrons. The fourth-order valence-electron chi connectivity index (χ4n) is 3.02. The first-order valence-corrected chi connectivity index (χ1v) is 7.95. The summed E-state index contributed by atoms with van der Waals surface area (Å²) in [5, 5.41) is 16.6. The quantitative estimate of drug-likeness (QED) is 0.826. The predicted molar refractivity (Wildman–Crippen MR) is 84.2 cm³/mol. The number of aryl methyl sites for hydroxylation is 2. The molecule has 1 aliphatic rings. The Kier molecular flexibility index (Phi) is 5.41. The largest absolute Gasteiger partial charge is 0.481 e. The number of hydrogen-bond donors (Lipinski definition) is 2. The highest BCUT2D eigenvalue weighted by atomic mass is 16.5. The number of nitrogens with zero attached hydrogens (tertiary/aromatic N) is 2. The first-order valence-electron chi connectivity index (χ1n) is 7.95. The summed E-state index contributed by atoms with van der Waals surface area (Å²) < 4.78 is 7.06. The van der Waals surface area contributed by atoms with Gasteiger partial charge in [0.15, 0.2) is 0 Å². The Labute approximate surface area is 136 Å². The lowest BCUT2D eigenvalue weighted by Gasteiger charge is -2.33. The van der Waals surface area contributed by atoms with Crippen molar-refractivity contribution in [2.75, 3.05) is 19.8 Å². The Balaban J connectivity index is 1.91. The van der Waals surface area contributed by atoms with Gasteiger partial charge in [0.1, 0.15) is 0 Å². The van der Waals surface area contributed by atoms with E-state index in [9.17, 15) is 14.7 Å². The van der Waals surface area contributed by atoms with E-state index in [1.165, 1.54) is 0 Å². The van der Waals surface area contributed by atoms with Gasteiger partial charge in [-0.25, -0.2) is 0 Å². The number of carboxylic acids is 1. The van der Waals surface area contributed by atoms with Gasteiger partial charge in [-0.2, -0.15) is 5.10 Å². The summed E-state index contributed by atoms with van der Waals surface area (Å²) in [6.45, 7) is 6.79. The molecule has 0 spiro atoms. The number of aromatic nitrogens is 2. The van der Waals surface area contributed by atoms with E-state index >= 15 is 0 Å². The highest BCUT2D eigenvalue weighted by molar-refractivity contribution is 5.79. The van der Waals surface area contributed by atoms with Gasteiger partial charge in [0, 0.05) is 31.9 Å². The molecule has 0 aromatic carbocycles. The average Bonchev–Trinajstić information content (AvgIpc) is 2.85. The number of ether oxygens (including phenoxy) is 1. The van der Waals surface area contributed by atoms with E-state index in [4.69, 9.17) is 4.74 Å². The molecule has 1 atom stereocenters. The van der Waals surface area contributed by atoms with Crippen LogP contribution in [0.25, 0.3) is 0 Å². The molecule has 128 valence electrons. The lowest BCUT2D eigenvalue weighted by Crippen LogP contribution is -2.46. The third-order valence-electron chi connectivity index (χ3n) is 4.47. The van der Waals surface area contributed by atoms with Crippen LogP contribution in [0.15, 0.2) is 6.07 Å². The third kappa shape index (κ3) is 4.10. The van der Waals surface area contributed by atoms with E-state index in [1.54, 1.807) is 0 Å². The minimum absolute atomic E-state index is 0.0702. The summed E-state index contributed by atoms with van der Waals surface area (Å²) in [6, 6.07) is 1.90. The Hall–Kier alpha value is -1.89. The molecule has 7 heteroatoms. The van der Waals surface area contributed by atoms with Crippen molar-refractivity contribution in [1.82, 2.24) is 15.1 Å². The lowest BCUT2D eigenvalue weighted by atomic mass is 9.80. The molecule has 23 heavy (non-hydrogen) atoms. The molecule has 7 nitrogen and oxygen atoms in total. The number of aliphatic carboxylic acids is 1. The van der Waals surface area contributed by atoms with Crippen molar-refractivity contribution >= 4 is 11.9 Å². The maximum absolute atomic E-state index is 12.2.